The Balaban J connectivity index is 2.17. The van der Waals surface area contributed by atoms with Crippen LogP contribution in [0, 0.1) is 6.92 Å². The number of nitrogens with one attached hydrogen (secondary N) is 1. The molecule has 0 radical (unpaired) electrons. The number of hydrogen-bond acceptors (Lipinski definition) is 3. The second kappa shape index (κ2) is 8.25. The molecule has 1 N–H and O–H groups in total. The lowest BCUT2D eigenvalue weighted by Crippen LogP contribution is -2.09. The largest absolute Gasteiger partial charge is 0.490 e. The summed E-state index contributed by atoms with van der Waals surface area (Å²) in [5.74, 6) is 1.54. The van der Waals surface area contributed by atoms with E-state index in [0.29, 0.717) is 6.61 Å². The molecule has 0 aromatic heterocycles. The average Bonchev–Trinajstić information content (AvgIpc) is 2.50. The maximum absolute atomic E-state index is 5.87. The zero-order valence-corrected chi connectivity index (χ0v) is 15.7. The van der Waals surface area contributed by atoms with Crippen molar-refractivity contribution in [2.75, 3.05) is 11.9 Å². The van der Waals surface area contributed by atoms with Crippen molar-refractivity contribution in [1.29, 1.82) is 0 Å². The van der Waals surface area contributed by atoms with Crippen LogP contribution in [0.2, 0.25) is 0 Å². The predicted octanol–water partition coefficient (Wildman–Crippen LogP) is 5.56. The third kappa shape index (κ3) is 5.17. The molecule has 0 heterocycles. The lowest BCUT2D eigenvalue weighted by molar-refractivity contribution is 0.222. The number of halogens is 1. The molecule has 2 aromatic carbocycles. The summed E-state index contributed by atoms with van der Waals surface area (Å²) in [7, 11) is 0. The van der Waals surface area contributed by atoms with Crippen LogP contribution in [-0.2, 0) is 6.54 Å². The van der Waals surface area contributed by atoms with Gasteiger partial charge in [-0.3, -0.25) is 0 Å². The van der Waals surface area contributed by atoms with Gasteiger partial charge in [-0.05, 0) is 73.5 Å². The second-order valence-electron chi connectivity index (χ2n) is 5.72. The molecule has 0 amide bonds. The number of rotatable bonds is 7. The third-order valence-corrected chi connectivity index (χ3v) is 3.86. The van der Waals surface area contributed by atoms with Crippen LogP contribution < -0.4 is 14.8 Å². The van der Waals surface area contributed by atoms with E-state index < -0.39 is 0 Å². The molecule has 2 aromatic rings. The fraction of sp³-hybridized carbons (Fsp3) is 0.368. The van der Waals surface area contributed by atoms with Crippen LogP contribution in [0.5, 0.6) is 11.5 Å². The Bertz CT molecular complexity index is 639. The fourth-order valence-electron chi connectivity index (χ4n) is 2.21. The zero-order valence-electron chi connectivity index (χ0n) is 14.2. The van der Waals surface area contributed by atoms with E-state index in [1.165, 1.54) is 5.56 Å². The van der Waals surface area contributed by atoms with Crippen LogP contribution >= 0.6 is 15.9 Å². The highest BCUT2D eigenvalue weighted by Gasteiger charge is 2.13. The van der Waals surface area contributed by atoms with Crippen LogP contribution in [0.15, 0.2) is 40.9 Å². The average molecular weight is 378 g/mol. The van der Waals surface area contributed by atoms with E-state index in [9.17, 15) is 0 Å². The molecule has 0 saturated carbocycles. The van der Waals surface area contributed by atoms with Gasteiger partial charge >= 0.3 is 0 Å². The molecule has 0 aliphatic rings. The summed E-state index contributed by atoms with van der Waals surface area (Å²) in [6.07, 6.45) is 0.0991. The van der Waals surface area contributed by atoms with Crippen molar-refractivity contribution in [3.63, 3.8) is 0 Å². The topological polar surface area (TPSA) is 30.5 Å². The minimum absolute atomic E-state index is 0.0991. The molecule has 0 saturated heterocycles. The van der Waals surface area contributed by atoms with Gasteiger partial charge in [0.15, 0.2) is 11.5 Å². The summed E-state index contributed by atoms with van der Waals surface area (Å²) < 4.78 is 12.5. The first kappa shape index (κ1) is 17.7. The first-order chi connectivity index (χ1) is 11.0. The molecule has 124 valence electrons. The van der Waals surface area contributed by atoms with Crippen molar-refractivity contribution < 1.29 is 9.47 Å². The van der Waals surface area contributed by atoms with Crippen LogP contribution in [0.1, 0.15) is 31.9 Å². The summed E-state index contributed by atoms with van der Waals surface area (Å²) in [5, 5.41) is 3.43. The molecule has 0 atom stereocenters. The number of ether oxygens (including phenoxy) is 2. The first-order valence-electron chi connectivity index (χ1n) is 7.92. The normalized spacial score (nSPS) is 10.7. The van der Waals surface area contributed by atoms with Gasteiger partial charge in [-0.25, -0.2) is 0 Å². The van der Waals surface area contributed by atoms with Crippen molar-refractivity contribution in [3.8, 4) is 11.5 Å². The fourth-order valence-corrected chi connectivity index (χ4v) is 2.79. The van der Waals surface area contributed by atoms with Gasteiger partial charge < -0.3 is 14.8 Å². The van der Waals surface area contributed by atoms with Gasteiger partial charge in [0.1, 0.15) is 0 Å². The Labute approximate surface area is 147 Å². The van der Waals surface area contributed by atoms with Crippen LogP contribution in [0.25, 0.3) is 0 Å². The molecular weight excluding hydrogens is 354 g/mol. The number of hydrogen-bond donors (Lipinski definition) is 1. The van der Waals surface area contributed by atoms with E-state index in [-0.39, 0.29) is 6.10 Å². The minimum atomic E-state index is 0.0991. The Hall–Kier alpha value is -1.68. The van der Waals surface area contributed by atoms with Crippen molar-refractivity contribution in [2.24, 2.45) is 0 Å². The van der Waals surface area contributed by atoms with Crippen molar-refractivity contribution in [2.45, 2.75) is 40.3 Å². The third-order valence-electron chi connectivity index (χ3n) is 3.27. The first-order valence-corrected chi connectivity index (χ1v) is 8.71. The quantitative estimate of drug-likeness (QED) is 0.685. The van der Waals surface area contributed by atoms with E-state index >= 15 is 0 Å². The molecule has 0 spiro atoms. The summed E-state index contributed by atoms with van der Waals surface area (Å²) in [6.45, 7) is 9.41. The predicted molar refractivity (Wildman–Crippen MR) is 99.6 cm³/mol. The van der Waals surface area contributed by atoms with E-state index in [0.717, 1.165) is 33.8 Å². The van der Waals surface area contributed by atoms with Gasteiger partial charge in [0.05, 0.1) is 17.2 Å². The molecule has 3 nitrogen and oxygen atoms in total. The molecule has 23 heavy (non-hydrogen) atoms. The van der Waals surface area contributed by atoms with E-state index in [2.05, 4.69) is 58.5 Å². The number of anilines is 1. The molecule has 0 aliphatic heterocycles. The smallest absolute Gasteiger partial charge is 0.175 e. The van der Waals surface area contributed by atoms with Crippen molar-refractivity contribution in [3.05, 3.63) is 52.0 Å². The Morgan fingerprint density at radius 3 is 2.43 bits per heavy atom. The van der Waals surface area contributed by atoms with Gasteiger partial charge in [0.25, 0.3) is 0 Å². The van der Waals surface area contributed by atoms with Crippen LogP contribution in [-0.4, -0.2) is 12.7 Å². The summed E-state index contributed by atoms with van der Waals surface area (Å²) in [6, 6.07) is 12.5. The van der Waals surface area contributed by atoms with E-state index in [1.54, 1.807) is 0 Å². The molecule has 0 aliphatic carbocycles. The molecular formula is C19H24BrNO2. The highest BCUT2D eigenvalue weighted by Crippen LogP contribution is 2.37. The zero-order chi connectivity index (χ0) is 16.8. The SMILES string of the molecule is CCOc1cc(CNc2ccc(C)cc2)cc(Br)c1OC(C)C. The van der Waals surface area contributed by atoms with E-state index in [4.69, 9.17) is 9.47 Å². The lowest BCUT2D eigenvalue weighted by Gasteiger charge is -2.18. The molecule has 4 heteroatoms. The second-order valence-corrected chi connectivity index (χ2v) is 6.58. The molecule has 0 unspecified atom stereocenters. The Morgan fingerprint density at radius 1 is 1.13 bits per heavy atom. The maximum Gasteiger partial charge on any atom is 0.175 e. The lowest BCUT2D eigenvalue weighted by atomic mass is 10.2. The minimum Gasteiger partial charge on any atom is -0.490 e. The number of aryl methyl sites for hydroxylation is 1. The van der Waals surface area contributed by atoms with Crippen LogP contribution in [0.3, 0.4) is 0 Å². The van der Waals surface area contributed by atoms with Gasteiger partial charge in [-0.1, -0.05) is 17.7 Å². The monoisotopic (exact) mass is 377 g/mol. The van der Waals surface area contributed by atoms with Crippen molar-refractivity contribution >= 4 is 21.6 Å². The van der Waals surface area contributed by atoms with E-state index in [1.807, 2.05) is 26.8 Å². The molecule has 0 fully saturated rings. The molecule has 2 rings (SSSR count). The Kier molecular flexibility index (Phi) is 6.34. The summed E-state index contributed by atoms with van der Waals surface area (Å²) in [5.41, 5.74) is 3.50. The Morgan fingerprint density at radius 2 is 1.83 bits per heavy atom. The number of benzene rings is 2. The highest BCUT2D eigenvalue weighted by molar-refractivity contribution is 9.10. The van der Waals surface area contributed by atoms with Crippen molar-refractivity contribution in [1.82, 2.24) is 0 Å². The van der Waals surface area contributed by atoms with Gasteiger partial charge in [0.2, 0.25) is 0 Å². The maximum atomic E-state index is 5.87. The van der Waals surface area contributed by atoms with Crippen LogP contribution in [0.4, 0.5) is 5.69 Å². The summed E-state index contributed by atoms with van der Waals surface area (Å²) >= 11 is 3.60. The van der Waals surface area contributed by atoms with Gasteiger partial charge in [-0.2, -0.15) is 0 Å². The summed E-state index contributed by atoms with van der Waals surface area (Å²) in [4.78, 5) is 0. The highest BCUT2D eigenvalue weighted by atomic mass is 79.9. The van der Waals surface area contributed by atoms with Gasteiger partial charge in [0, 0.05) is 12.2 Å². The van der Waals surface area contributed by atoms with Gasteiger partial charge in [-0.15, -0.1) is 0 Å². The standard InChI is InChI=1S/C19H24BrNO2/c1-5-22-18-11-15(10-17(20)19(18)23-13(2)3)12-21-16-8-6-14(4)7-9-16/h6-11,13,21H,5,12H2,1-4H3. The molecule has 0 bridgehead atoms.